The molecule has 0 fully saturated rings. The molecule has 5 nitrogen and oxygen atoms in total. The Kier molecular flexibility index (Phi) is 4.98. The van der Waals surface area contributed by atoms with Crippen LogP contribution in [0.3, 0.4) is 0 Å². The Morgan fingerprint density at radius 3 is 2.59 bits per heavy atom. The molecule has 0 unspecified atom stereocenters. The van der Waals surface area contributed by atoms with Gasteiger partial charge in [-0.25, -0.2) is 9.78 Å². The average molecular weight is 302 g/mol. The molecule has 1 aromatic carbocycles. The van der Waals surface area contributed by atoms with E-state index in [0.717, 1.165) is 6.54 Å². The number of oxazole rings is 1. The van der Waals surface area contributed by atoms with Gasteiger partial charge in [-0.05, 0) is 38.8 Å². The maximum absolute atomic E-state index is 10.9. The third kappa shape index (κ3) is 3.95. The highest BCUT2D eigenvalue weighted by molar-refractivity contribution is 5.84. The van der Waals surface area contributed by atoms with Crippen LogP contribution in [0.15, 0.2) is 28.9 Å². The van der Waals surface area contributed by atoms with E-state index in [9.17, 15) is 4.79 Å². The Balaban J connectivity index is 2.14. The zero-order valence-corrected chi connectivity index (χ0v) is 13.5. The van der Waals surface area contributed by atoms with E-state index in [1.807, 2.05) is 0 Å². The van der Waals surface area contributed by atoms with Crippen LogP contribution in [0.5, 0.6) is 0 Å². The van der Waals surface area contributed by atoms with Crippen molar-refractivity contribution >= 4 is 5.97 Å². The van der Waals surface area contributed by atoms with Crippen LogP contribution in [0.25, 0.3) is 0 Å². The highest BCUT2D eigenvalue weighted by Gasteiger charge is 2.17. The van der Waals surface area contributed by atoms with Crippen molar-refractivity contribution in [1.82, 2.24) is 9.88 Å². The lowest BCUT2D eigenvalue weighted by molar-refractivity contribution is 0.0690. The Morgan fingerprint density at radius 1 is 1.32 bits per heavy atom. The van der Waals surface area contributed by atoms with E-state index < -0.39 is 5.97 Å². The number of carboxylic acids is 1. The first-order valence-corrected chi connectivity index (χ1v) is 7.34. The largest absolute Gasteiger partial charge is 0.476 e. The molecule has 5 heteroatoms. The van der Waals surface area contributed by atoms with Crippen molar-refractivity contribution in [3.05, 3.63) is 52.7 Å². The molecule has 0 saturated heterocycles. The Morgan fingerprint density at radius 2 is 2.05 bits per heavy atom. The van der Waals surface area contributed by atoms with Gasteiger partial charge in [0.05, 0.1) is 6.54 Å². The van der Waals surface area contributed by atoms with Crippen LogP contribution in [-0.4, -0.2) is 27.0 Å². The van der Waals surface area contributed by atoms with Gasteiger partial charge >= 0.3 is 5.97 Å². The lowest BCUT2D eigenvalue weighted by Gasteiger charge is -2.26. The molecule has 0 aliphatic rings. The topological polar surface area (TPSA) is 66.6 Å². The minimum atomic E-state index is -1.07. The zero-order chi connectivity index (χ0) is 16.3. The lowest BCUT2D eigenvalue weighted by Crippen LogP contribution is -2.30. The second-order valence-corrected chi connectivity index (χ2v) is 5.86. The predicted octanol–water partition coefficient (Wildman–Crippen LogP) is 3.40. The average Bonchev–Trinajstić information content (AvgIpc) is 2.89. The number of hydrogen-bond acceptors (Lipinski definition) is 4. The van der Waals surface area contributed by atoms with Crippen molar-refractivity contribution in [3.8, 4) is 0 Å². The molecule has 2 aromatic rings. The fourth-order valence-electron chi connectivity index (χ4n) is 2.32. The molecule has 2 rings (SSSR count). The Hall–Kier alpha value is -2.14. The van der Waals surface area contributed by atoms with Crippen molar-refractivity contribution < 1.29 is 14.3 Å². The van der Waals surface area contributed by atoms with Crippen LogP contribution in [-0.2, 0) is 13.1 Å². The van der Waals surface area contributed by atoms with Gasteiger partial charge in [-0.2, -0.15) is 0 Å². The quantitative estimate of drug-likeness (QED) is 0.886. The summed E-state index contributed by atoms with van der Waals surface area (Å²) in [6.45, 7) is 9.65. The minimum Gasteiger partial charge on any atom is -0.476 e. The summed E-state index contributed by atoms with van der Waals surface area (Å²) in [5.41, 5.74) is 3.70. The third-order valence-electron chi connectivity index (χ3n) is 3.71. The van der Waals surface area contributed by atoms with Crippen molar-refractivity contribution in [2.45, 2.75) is 46.8 Å². The second-order valence-electron chi connectivity index (χ2n) is 5.86. The molecule has 22 heavy (non-hydrogen) atoms. The van der Waals surface area contributed by atoms with E-state index in [1.165, 1.54) is 23.0 Å². The molecule has 0 spiro atoms. The van der Waals surface area contributed by atoms with Gasteiger partial charge in [0.25, 0.3) is 0 Å². The van der Waals surface area contributed by atoms with E-state index >= 15 is 0 Å². The van der Waals surface area contributed by atoms with Crippen LogP contribution < -0.4 is 0 Å². The number of carboxylic acid groups (broad SMARTS) is 1. The van der Waals surface area contributed by atoms with Crippen molar-refractivity contribution in [1.29, 1.82) is 0 Å². The first kappa shape index (κ1) is 16.2. The molecule has 1 aromatic heterocycles. The van der Waals surface area contributed by atoms with Gasteiger partial charge in [0.1, 0.15) is 6.26 Å². The third-order valence-corrected chi connectivity index (χ3v) is 3.71. The second kappa shape index (κ2) is 6.75. The molecule has 0 aliphatic heterocycles. The number of hydrogen-bond donors (Lipinski definition) is 1. The van der Waals surface area contributed by atoms with Crippen LogP contribution in [0, 0.1) is 13.8 Å². The normalized spacial score (nSPS) is 11.4. The number of benzene rings is 1. The molecule has 0 radical (unpaired) electrons. The van der Waals surface area contributed by atoms with E-state index in [2.05, 4.69) is 55.8 Å². The van der Waals surface area contributed by atoms with E-state index in [-0.39, 0.29) is 5.69 Å². The summed E-state index contributed by atoms with van der Waals surface area (Å²) in [4.78, 5) is 17.1. The molecule has 0 aliphatic carbocycles. The van der Waals surface area contributed by atoms with E-state index in [0.29, 0.717) is 18.5 Å². The van der Waals surface area contributed by atoms with Crippen LogP contribution >= 0.6 is 0 Å². The van der Waals surface area contributed by atoms with Gasteiger partial charge in [0, 0.05) is 12.6 Å². The zero-order valence-electron chi connectivity index (χ0n) is 13.5. The summed E-state index contributed by atoms with van der Waals surface area (Å²) in [5.74, 6) is -0.642. The van der Waals surface area contributed by atoms with Crippen LogP contribution in [0.2, 0.25) is 0 Å². The molecule has 0 bridgehead atoms. The first-order valence-electron chi connectivity index (χ1n) is 7.34. The fourth-order valence-corrected chi connectivity index (χ4v) is 2.32. The number of aryl methyl sites for hydroxylation is 2. The molecule has 0 saturated carbocycles. The van der Waals surface area contributed by atoms with Crippen LogP contribution in [0.1, 0.15) is 46.9 Å². The maximum atomic E-state index is 10.9. The number of aromatic carboxylic acids is 1. The molecule has 1 heterocycles. The van der Waals surface area contributed by atoms with E-state index in [4.69, 9.17) is 9.52 Å². The van der Waals surface area contributed by atoms with E-state index in [1.54, 1.807) is 0 Å². The molecular formula is C17H22N2O3. The highest BCUT2D eigenvalue weighted by Crippen LogP contribution is 2.17. The lowest BCUT2D eigenvalue weighted by atomic mass is 10.0. The maximum Gasteiger partial charge on any atom is 0.357 e. The minimum absolute atomic E-state index is 0.0507. The standard InChI is InChI=1S/C17H22N2O3/c1-11(2)19(8-14-6-5-12(3)7-13(14)4)9-16-18-15(10-22-16)17(20)21/h5-7,10-11H,8-9H2,1-4H3,(H,20,21). The van der Waals surface area contributed by atoms with Crippen LogP contribution in [0.4, 0.5) is 0 Å². The summed E-state index contributed by atoms with van der Waals surface area (Å²) in [5, 5.41) is 8.90. The summed E-state index contributed by atoms with van der Waals surface area (Å²) in [6, 6.07) is 6.70. The smallest absolute Gasteiger partial charge is 0.357 e. The summed E-state index contributed by atoms with van der Waals surface area (Å²) in [6.07, 6.45) is 1.19. The van der Waals surface area contributed by atoms with Gasteiger partial charge in [0.15, 0.2) is 5.69 Å². The van der Waals surface area contributed by atoms with Crippen molar-refractivity contribution in [3.63, 3.8) is 0 Å². The first-order chi connectivity index (χ1) is 10.4. The fraction of sp³-hybridized carbons (Fsp3) is 0.412. The highest BCUT2D eigenvalue weighted by atomic mass is 16.4. The van der Waals surface area contributed by atoms with Gasteiger partial charge in [-0.3, -0.25) is 4.90 Å². The Labute approximate surface area is 130 Å². The molecule has 0 atom stereocenters. The van der Waals surface area contributed by atoms with Crippen molar-refractivity contribution in [2.75, 3.05) is 0 Å². The number of rotatable bonds is 6. The summed E-state index contributed by atoms with van der Waals surface area (Å²) in [7, 11) is 0. The SMILES string of the molecule is Cc1ccc(CN(Cc2nc(C(=O)O)co2)C(C)C)c(C)c1. The number of nitrogens with zero attached hydrogens (tertiary/aromatic N) is 2. The molecule has 1 N–H and O–H groups in total. The number of aromatic nitrogens is 1. The van der Waals surface area contributed by atoms with Gasteiger partial charge in [0.2, 0.25) is 5.89 Å². The molecular weight excluding hydrogens is 280 g/mol. The van der Waals surface area contributed by atoms with Crippen molar-refractivity contribution in [2.24, 2.45) is 0 Å². The predicted molar refractivity (Wildman–Crippen MR) is 83.8 cm³/mol. The van der Waals surface area contributed by atoms with Gasteiger partial charge < -0.3 is 9.52 Å². The van der Waals surface area contributed by atoms with Gasteiger partial charge in [-0.1, -0.05) is 23.8 Å². The number of carbonyl (C=O) groups is 1. The van der Waals surface area contributed by atoms with Gasteiger partial charge in [-0.15, -0.1) is 0 Å². The molecule has 118 valence electrons. The molecule has 0 amide bonds. The monoisotopic (exact) mass is 302 g/mol. The summed E-state index contributed by atoms with van der Waals surface area (Å²) < 4.78 is 5.26. The Bertz CT molecular complexity index is 662. The summed E-state index contributed by atoms with van der Waals surface area (Å²) >= 11 is 0.